The molecule has 1 fully saturated rings. The molecule has 0 bridgehead atoms. The lowest BCUT2D eigenvalue weighted by atomic mass is 10.3. The molecule has 1 aliphatic rings. The van der Waals surface area contributed by atoms with Crippen LogP contribution in [0, 0.1) is 11.8 Å². The Kier molecular flexibility index (Phi) is 2.12. The third-order valence-corrected chi connectivity index (χ3v) is 1.68. The smallest absolute Gasteiger partial charge is 0.309 e. The Morgan fingerprint density at radius 2 is 2.18 bits per heavy atom. The minimum atomic E-state index is -1.15. The molecule has 0 N–H and O–H groups in total. The van der Waals surface area contributed by atoms with Gasteiger partial charge in [0.2, 0.25) is 0 Å². The Morgan fingerprint density at radius 3 is 2.55 bits per heavy atom. The number of carboxylic acids is 1. The van der Waals surface area contributed by atoms with E-state index < -0.39 is 23.8 Å². The number of ether oxygens (including phenoxy) is 1. The standard InChI is InChI=1S/C7H10O4/c1-2-11-7(10)5-3-4(5)6(8)9/h4-5H,2-3H2,1H3,(H,8,9)/p-1. The highest BCUT2D eigenvalue weighted by Crippen LogP contribution is 2.38. The fraction of sp³-hybridized carbons (Fsp3) is 0.714. The van der Waals surface area contributed by atoms with Crippen LogP contribution in [0.2, 0.25) is 0 Å². The van der Waals surface area contributed by atoms with Crippen LogP contribution in [0.4, 0.5) is 0 Å². The summed E-state index contributed by atoms with van der Waals surface area (Å²) in [5, 5.41) is 10.2. The lowest BCUT2D eigenvalue weighted by Crippen LogP contribution is -2.26. The molecule has 2 unspecified atom stereocenters. The summed E-state index contributed by atoms with van der Waals surface area (Å²) in [5.74, 6) is -2.61. The molecule has 0 spiro atoms. The molecule has 0 saturated heterocycles. The largest absolute Gasteiger partial charge is 0.550 e. The molecular formula is C7H9O4-. The molecular weight excluding hydrogens is 148 g/mol. The van der Waals surface area contributed by atoms with Gasteiger partial charge in [-0.05, 0) is 13.3 Å². The fourth-order valence-corrected chi connectivity index (χ4v) is 0.965. The first kappa shape index (κ1) is 8.04. The molecule has 0 aliphatic heterocycles. The van der Waals surface area contributed by atoms with Crippen LogP contribution in [0.3, 0.4) is 0 Å². The fourth-order valence-electron chi connectivity index (χ4n) is 0.965. The quantitative estimate of drug-likeness (QED) is 0.489. The van der Waals surface area contributed by atoms with Crippen molar-refractivity contribution in [1.82, 2.24) is 0 Å². The van der Waals surface area contributed by atoms with Crippen molar-refractivity contribution in [2.75, 3.05) is 6.61 Å². The van der Waals surface area contributed by atoms with Gasteiger partial charge in [0.25, 0.3) is 0 Å². The molecule has 62 valence electrons. The van der Waals surface area contributed by atoms with E-state index in [9.17, 15) is 14.7 Å². The van der Waals surface area contributed by atoms with Gasteiger partial charge < -0.3 is 14.6 Å². The summed E-state index contributed by atoms with van der Waals surface area (Å²) in [6.07, 6.45) is 0.376. The number of hydrogen-bond donors (Lipinski definition) is 0. The molecule has 0 aromatic carbocycles. The van der Waals surface area contributed by atoms with Crippen molar-refractivity contribution in [3.63, 3.8) is 0 Å². The predicted molar refractivity (Wildman–Crippen MR) is 33.2 cm³/mol. The number of hydrogen-bond acceptors (Lipinski definition) is 4. The van der Waals surface area contributed by atoms with Crippen molar-refractivity contribution in [2.45, 2.75) is 13.3 Å². The molecule has 2 atom stereocenters. The maximum Gasteiger partial charge on any atom is 0.309 e. The van der Waals surface area contributed by atoms with Gasteiger partial charge in [0.1, 0.15) is 0 Å². The lowest BCUT2D eigenvalue weighted by Gasteiger charge is -2.00. The summed E-state index contributed by atoms with van der Waals surface area (Å²) in [6.45, 7) is 1.99. The first-order valence-electron chi connectivity index (χ1n) is 3.54. The topological polar surface area (TPSA) is 66.4 Å². The predicted octanol–water partition coefficient (Wildman–Crippen LogP) is -1.06. The van der Waals surface area contributed by atoms with Crippen molar-refractivity contribution in [2.24, 2.45) is 11.8 Å². The molecule has 0 aromatic rings. The summed E-state index contributed by atoms with van der Waals surface area (Å²) >= 11 is 0. The van der Waals surface area contributed by atoms with Crippen LogP contribution in [0.25, 0.3) is 0 Å². The van der Waals surface area contributed by atoms with Crippen LogP contribution >= 0.6 is 0 Å². The highest BCUT2D eigenvalue weighted by Gasteiger charge is 2.45. The molecule has 0 amide bonds. The number of aliphatic carboxylic acids is 1. The Labute approximate surface area is 64.2 Å². The molecule has 4 nitrogen and oxygen atoms in total. The zero-order valence-corrected chi connectivity index (χ0v) is 6.20. The molecule has 0 radical (unpaired) electrons. The Hall–Kier alpha value is -1.06. The first-order chi connectivity index (χ1) is 5.16. The van der Waals surface area contributed by atoms with E-state index in [-0.39, 0.29) is 0 Å². The molecule has 0 aromatic heterocycles. The maximum atomic E-state index is 10.8. The number of carbonyl (C=O) groups is 2. The van der Waals surface area contributed by atoms with E-state index in [2.05, 4.69) is 4.74 Å². The zero-order valence-electron chi connectivity index (χ0n) is 6.20. The van der Waals surface area contributed by atoms with Gasteiger partial charge in [-0.15, -0.1) is 0 Å². The Balaban J connectivity index is 2.32. The van der Waals surface area contributed by atoms with Gasteiger partial charge in [-0.25, -0.2) is 0 Å². The summed E-state index contributed by atoms with van der Waals surface area (Å²) in [6, 6.07) is 0. The second-order valence-corrected chi connectivity index (χ2v) is 2.52. The van der Waals surface area contributed by atoms with Crippen molar-refractivity contribution in [1.29, 1.82) is 0 Å². The van der Waals surface area contributed by atoms with E-state index in [1.54, 1.807) is 6.92 Å². The van der Waals surface area contributed by atoms with Crippen molar-refractivity contribution in [3.8, 4) is 0 Å². The van der Waals surface area contributed by atoms with E-state index in [1.807, 2.05) is 0 Å². The van der Waals surface area contributed by atoms with Crippen molar-refractivity contribution in [3.05, 3.63) is 0 Å². The van der Waals surface area contributed by atoms with Crippen LogP contribution in [0.5, 0.6) is 0 Å². The van der Waals surface area contributed by atoms with Crippen LogP contribution in [-0.4, -0.2) is 18.5 Å². The van der Waals surface area contributed by atoms with E-state index in [0.717, 1.165) is 0 Å². The Bertz CT molecular complexity index is 187. The SMILES string of the molecule is CCOC(=O)C1CC1C(=O)[O-]. The summed E-state index contributed by atoms with van der Waals surface area (Å²) in [4.78, 5) is 21.0. The second kappa shape index (κ2) is 2.90. The first-order valence-corrected chi connectivity index (χ1v) is 3.54. The molecule has 1 aliphatic carbocycles. The summed E-state index contributed by atoms with van der Waals surface area (Å²) in [5.41, 5.74) is 0. The minimum Gasteiger partial charge on any atom is -0.550 e. The summed E-state index contributed by atoms with van der Waals surface area (Å²) in [7, 11) is 0. The number of carboxylic acid groups (broad SMARTS) is 1. The van der Waals surface area contributed by atoms with E-state index >= 15 is 0 Å². The number of esters is 1. The van der Waals surface area contributed by atoms with E-state index in [0.29, 0.717) is 13.0 Å². The lowest BCUT2D eigenvalue weighted by molar-refractivity contribution is -0.308. The molecule has 0 heterocycles. The van der Waals surface area contributed by atoms with Crippen molar-refractivity contribution >= 4 is 11.9 Å². The van der Waals surface area contributed by atoms with Crippen LogP contribution < -0.4 is 5.11 Å². The third-order valence-electron chi connectivity index (χ3n) is 1.68. The highest BCUT2D eigenvalue weighted by molar-refractivity contribution is 5.85. The van der Waals surface area contributed by atoms with Gasteiger partial charge in [0, 0.05) is 11.9 Å². The van der Waals surface area contributed by atoms with Crippen LogP contribution in [0.1, 0.15) is 13.3 Å². The van der Waals surface area contributed by atoms with Crippen molar-refractivity contribution < 1.29 is 19.4 Å². The van der Waals surface area contributed by atoms with E-state index in [1.165, 1.54) is 0 Å². The van der Waals surface area contributed by atoms with Gasteiger partial charge in [-0.2, -0.15) is 0 Å². The average Bonchev–Trinajstić information content (AvgIpc) is 2.65. The maximum absolute atomic E-state index is 10.8. The van der Waals surface area contributed by atoms with Gasteiger partial charge >= 0.3 is 5.97 Å². The zero-order chi connectivity index (χ0) is 8.43. The molecule has 4 heteroatoms. The highest BCUT2D eigenvalue weighted by atomic mass is 16.5. The minimum absolute atomic E-state index is 0.301. The van der Waals surface area contributed by atoms with Gasteiger partial charge in [-0.1, -0.05) is 0 Å². The Morgan fingerprint density at radius 1 is 1.55 bits per heavy atom. The number of carbonyl (C=O) groups excluding carboxylic acids is 2. The van der Waals surface area contributed by atoms with Gasteiger partial charge in [-0.3, -0.25) is 4.79 Å². The summed E-state index contributed by atoms with van der Waals surface area (Å²) < 4.78 is 4.62. The van der Waals surface area contributed by atoms with Crippen LogP contribution in [-0.2, 0) is 14.3 Å². The monoisotopic (exact) mass is 157 g/mol. The molecule has 1 saturated carbocycles. The van der Waals surface area contributed by atoms with Gasteiger partial charge in [0.15, 0.2) is 0 Å². The third kappa shape index (κ3) is 1.69. The van der Waals surface area contributed by atoms with Gasteiger partial charge in [0.05, 0.1) is 12.5 Å². The normalized spacial score (nSPS) is 27.7. The molecule has 1 rings (SSSR count). The van der Waals surface area contributed by atoms with E-state index in [4.69, 9.17) is 0 Å². The molecule has 11 heavy (non-hydrogen) atoms. The van der Waals surface area contributed by atoms with Crippen LogP contribution in [0.15, 0.2) is 0 Å². The second-order valence-electron chi connectivity index (χ2n) is 2.52. The average molecular weight is 157 g/mol. The number of rotatable bonds is 3.